The van der Waals surface area contributed by atoms with Gasteiger partial charge in [0.15, 0.2) is 0 Å². The summed E-state index contributed by atoms with van der Waals surface area (Å²) in [4.78, 5) is 14.4. The first-order valence-electron chi connectivity index (χ1n) is 9.66. The van der Waals surface area contributed by atoms with Gasteiger partial charge in [-0.05, 0) is 42.7 Å². The molecule has 0 atom stereocenters. The molecule has 0 bridgehead atoms. The average molecular weight is 414 g/mol. The molecule has 1 saturated heterocycles. The van der Waals surface area contributed by atoms with Crippen LogP contribution in [0.2, 0.25) is 0 Å². The standard InChI is InChI=1S/C22H27N3O3S/c1-18-8-9-19(2)21(16-18)23-22(26)17-24-11-13-25(14-12-24)29(27,28)15-10-20-6-4-3-5-7-20/h3-10,15-16H,11-14,17H2,1-2H3,(H,23,26). The summed E-state index contributed by atoms with van der Waals surface area (Å²) >= 11 is 0. The first kappa shape index (κ1) is 21.2. The third-order valence-electron chi connectivity index (χ3n) is 4.96. The van der Waals surface area contributed by atoms with Gasteiger partial charge < -0.3 is 5.32 Å². The molecule has 154 valence electrons. The van der Waals surface area contributed by atoms with E-state index in [4.69, 9.17) is 0 Å². The largest absolute Gasteiger partial charge is 0.325 e. The third-order valence-corrected chi connectivity index (χ3v) is 6.52. The quantitative estimate of drug-likeness (QED) is 0.791. The van der Waals surface area contributed by atoms with Crippen LogP contribution in [0.1, 0.15) is 16.7 Å². The first-order chi connectivity index (χ1) is 13.8. The highest BCUT2D eigenvalue weighted by Gasteiger charge is 2.26. The molecule has 6 nitrogen and oxygen atoms in total. The molecule has 0 unspecified atom stereocenters. The molecule has 1 N–H and O–H groups in total. The molecule has 1 aliphatic rings. The van der Waals surface area contributed by atoms with Crippen molar-refractivity contribution in [3.8, 4) is 0 Å². The molecular weight excluding hydrogens is 386 g/mol. The van der Waals surface area contributed by atoms with Crippen LogP contribution < -0.4 is 5.32 Å². The Morgan fingerprint density at radius 2 is 1.72 bits per heavy atom. The van der Waals surface area contributed by atoms with E-state index in [1.165, 1.54) is 9.71 Å². The minimum atomic E-state index is -3.47. The summed E-state index contributed by atoms with van der Waals surface area (Å²) in [6.07, 6.45) is 1.61. The lowest BCUT2D eigenvalue weighted by Crippen LogP contribution is -2.49. The number of sulfonamides is 1. The Bertz CT molecular complexity index is 980. The fraction of sp³-hybridized carbons (Fsp3) is 0.318. The van der Waals surface area contributed by atoms with E-state index in [0.717, 1.165) is 22.4 Å². The highest BCUT2D eigenvalue weighted by atomic mass is 32.2. The number of nitrogens with zero attached hydrogens (tertiary/aromatic N) is 2. The lowest BCUT2D eigenvalue weighted by atomic mass is 10.1. The van der Waals surface area contributed by atoms with E-state index in [1.807, 2.05) is 67.3 Å². The lowest BCUT2D eigenvalue weighted by molar-refractivity contribution is -0.117. The van der Waals surface area contributed by atoms with Gasteiger partial charge in [-0.15, -0.1) is 0 Å². The second kappa shape index (κ2) is 9.35. The Balaban J connectivity index is 1.51. The second-order valence-electron chi connectivity index (χ2n) is 7.30. The van der Waals surface area contributed by atoms with Gasteiger partial charge in [0, 0.05) is 37.3 Å². The fourth-order valence-corrected chi connectivity index (χ4v) is 4.39. The topological polar surface area (TPSA) is 69.7 Å². The molecule has 3 rings (SSSR count). The van der Waals surface area contributed by atoms with Crippen LogP contribution in [-0.2, 0) is 14.8 Å². The molecule has 2 aromatic rings. The van der Waals surface area contributed by atoms with Crippen LogP contribution in [0.25, 0.3) is 6.08 Å². The van der Waals surface area contributed by atoms with Crippen molar-refractivity contribution in [2.45, 2.75) is 13.8 Å². The number of hydrogen-bond donors (Lipinski definition) is 1. The summed E-state index contributed by atoms with van der Waals surface area (Å²) < 4.78 is 26.5. The normalized spacial score (nSPS) is 16.2. The van der Waals surface area contributed by atoms with Crippen molar-refractivity contribution in [3.05, 3.63) is 70.6 Å². The predicted molar refractivity (Wildman–Crippen MR) is 117 cm³/mol. The van der Waals surface area contributed by atoms with Gasteiger partial charge in [-0.2, -0.15) is 4.31 Å². The van der Waals surface area contributed by atoms with Crippen LogP contribution in [-0.4, -0.2) is 56.3 Å². The minimum Gasteiger partial charge on any atom is -0.325 e. The molecule has 1 heterocycles. The third kappa shape index (κ3) is 6.00. The van der Waals surface area contributed by atoms with Crippen LogP contribution in [0.3, 0.4) is 0 Å². The van der Waals surface area contributed by atoms with E-state index >= 15 is 0 Å². The summed E-state index contributed by atoms with van der Waals surface area (Å²) in [5.74, 6) is -0.0843. The van der Waals surface area contributed by atoms with E-state index in [0.29, 0.717) is 26.2 Å². The molecule has 0 spiro atoms. The summed E-state index contributed by atoms with van der Waals surface area (Å²) in [6, 6.07) is 15.3. The minimum absolute atomic E-state index is 0.0843. The number of piperazine rings is 1. The fourth-order valence-electron chi connectivity index (χ4n) is 3.22. The van der Waals surface area contributed by atoms with Crippen molar-refractivity contribution >= 4 is 27.7 Å². The molecule has 7 heteroatoms. The van der Waals surface area contributed by atoms with Crippen LogP contribution >= 0.6 is 0 Å². The number of nitrogens with one attached hydrogen (secondary N) is 1. The smallest absolute Gasteiger partial charge is 0.238 e. The second-order valence-corrected chi connectivity index (χ2v) is 9.12. The maximum absolute atomic E-state index is 12.5. The lowest BCUT2D eigenvalue weighted by Gasteiger charge is -2.32. The monoisotopic (exact) mass is 413 g/mol. The van der Waals surface area contributed by atoms with Gasteiger partial charge in [-0.3, -0.25) is 9.69 Å². The van der Waals surface area contributed by atoms with Crippen molar-refractivity contribution in [1.29, 1.82) is 0 Å². The van der Waals surface area contributed by atoms with E-state index < -0.39 is 10.0 Å². The van der Waals surface area contributed by atoms with E-state index in [-0.39, 0.29) is 12.5 Å². The summed E-state index contributed by atoms with van der Waals surface area (Å²) in [5, 5.41) is 4.21. The molecule has 0 aliphatic carbocycles. The number of amides is 1. The Morgan fingerprint density at radius 3 is 2.41 bits per heavy atom. The van der Waals surface area contributed by atoms with Gasteiger partial charge in [0.1, 0.15) is 0 Å². The highest BCUT2D eigenvalue weighted by molar-refractivity contribution is 7.92. The summed E-state index contributed by atoms with van der Waals surface area (Å²) in [6.45, 7) is 6.00. The van der Waals surface area contributed by atoms with Gasteiger partial charge in [-0.25, -0.2) is 8.42 Å². The van der Waals surface area contributed by atoms with Crippen molar-refractivity contribution in [3.63, 3.8) is 0 Å². The summed E-state index contributed by atoms with van der Waals surface area (Å²) in [5.41, 5.74) is 3.78. The molecule has 1 aliphatic heterocycles. The molecular formula is C22H27N3O3S. The maximum Gasteiger partial charge on any atom is 0.238 e. The number of carbonyl (C=O) groups excluding carboxylic acids is 1. The zero-order chi connectivity index (χ0) is 20.9. The van der Waals surface area contributed by atoms with Crippen molar-refractivity contribution in [1.82, 2.24) is 9.21 Å². The van der Waals surface area contributed by atoms with Gasteiger partial charge >= 0.3 is 0 Å². The number of benzene rings is 2. The Hall–Kier alpha value is -2.48. The zero-order valence-corrected chi connectivity index (χ0v) is 17.7. The number of aryl methyl sites for hydroxylation is 2. The van der Waals surface area contributed by atoms with Gasteiger partial charge in [-0.1, -0.05) is 42.5 Å². The number of hydrogen-bond acceptors (Lipinski definition) is 4. The Morgan fingerprint density at radius 1 is 1.03 bits per heavy atom. The van der Waals surface area contributed by atoms with Crippen molar-refractivity contribution < 1.29 is 13.2 Å². The molecule has 2 aromatic carbocycles. The molecule has 0 saturated carbocycles. The van der Waals surface area contributed by atoms with Gasteiger partial charge in [0.05, 0.1) is 6.54 Å². The van der Waals surface area contributed by atoms with E-state index in [9.17, 15) is 13.2 Å². The SMILES string of the molecule is Cc1ccc(C)c(NC(=O)CN2CCN(S(=O)(=O)C=Cc3ccccc3)CC2)c1. The Kier molecular flexibility index (Phi) is 6.84. The molecule has 29 heavy (non-hydrogen) atoms. The number of anilines is 1. The molecule has 1 amide bonds. The highest BCUT2D eigenvalue weighted by Crippen LogP contribution is 2.17. The van der Waals surface area contributed by atoms with E-state index in [2.05, 4.69) is 5.32 Å². The first-order valence-corrected chi connectivity index (χ1v) is 11.2. The van der Waals surface area contributed by atoms with Gasteiger partial charge in [0.25, 0.3) is 0 Å². The molecule has 1 fully saturated rings. The van der Waals surface area contributed by atoms with Gasteiger partial charge in [0.2, 0.25) is 15.9 Å². The van der Waals surface area contributed by atoms with Crippen LogP contribution in [0, 0.1) is 13.8 Å². The van der Waals surface area contributed by atoms with Crippen molar-refractivity contribution in [2.75, 3.05) is 38.0 Å². The molecule has 0 aromatic heterocycles. The zero-order valence-electron chi connectivity index (χ0n) is 16.8. The average Bonchev–Trinajstić information content (AvgIpc) is 2.70. The number of rotatable bonds is 6. The Labute approximate surface area is 172 Å². The predicted octanol–water partition coefficient (Wildman–Crippen LogP) is 2.86. The molecule has 0 radical (unpaired) electrons. The van der Waals surface area contributed by atoms with Crippen LogP contribution in [0.5, 0.6) is 0 Å². The number of carbonyl (C=O) groups is 1. The summed E-state index contributed by atoms with van der Waals surface area (Å²) in [7, 11) is -3.47. The van der Waals surface area contributed by atoms with Crippen molar-refractivity contribution in [2.24, 2.45) is 0 Å². The van der Waals surface area contributed by atoms with Crippen LogP contribution in [0.15, 0.2) is 53.9 Å². The maximum atomic E-state index is 12.5. The van der Waals surface area contributed by atoms with Crippen LogP contribution in [0.4, 0.5) is 5.69 Å². The van der Waals surface area contributed by atoms with E-state index in [1.54, 1.807) is 6.08 Å².